The molecule has 4 rings (SSSR count). The molecule has 0 bridgehead atoms. The molecule has 7 nitrogen and oxygen atoms in total. The van der Waals surface area contributed by atoms with Crippen molar-refractivity contribution in [3.63, 3.8) is 0 Å². The van der Waals surface area contributed by atoms with E-state index in [4.69, 9.17) is 0 Å². The first kappa shape index (κ1) is 15.7. The van der Waals surface area contributed by atoms with Crippen LogP contribution < -0.4 is 5.32 Å². The van der Waals surface area contributed by atoms with Gasteiger partial charge in [-0.15, -0.1) is 16.4 Å². The Labute approximate surface area is 151 Å². The SMILES string of the molecule is CSc1nc2ccc(NC(=O)c3cccc(-n4cnnn4)c3)cc2s1. The number of rotatable bonds is 4. The van der Waals surface area contributed by atoms with Crippen molar-refractivity contribution >= 4 is 44.9 Å². The lowest BCUT2D eigenvalue weighted by Crippen LogP contribution is -2.12. The molecule has 0 fully saturated rings. The Hall–Kier alpha value is -2.78. The zero-order chi connectivity index (χ0) is 17.2. The number of aromatic nitrogens is 5. The third-order valence-electron chi connectivity index (χ3n) is 3.52. The molecule has 0 atom stereocenters. The molecule has 124 valence electrons. The summed E-state index contributed by atoms with van der Waals surface area (Å²) in [5.74, 6) is -0.191. The number of thioether (sulfide) groups is 1. The number of carbonyl (C=O) groups excluding carboxylic acids is 1. The van der Waals surface area contributed by atoms with E-state index in [1.807, 2.05) is 30.5 Å². The van der Waals surface area contributed by atoms with Crippen LogP contribution in [0.15, 0.2) is 53.1 Å². The highest BCUT2D eigenvalue weighted by molar-refractivity contribution is 8.00. The molecule has 0 unspecified atom stereocenters. The van der Waals surface area contributed by atoms with E-state index in [2.05, 4.69) is 25.8 Å². The fourth-order valence-electron chi connectivity index (χ4n) is 2.34. The maximum Gasteiger partial charge on any atom is 0.255 e. The largest absolute Gasteiger partial charge is 0.322 e. The Morgan fingerprint density at radius 1 is 1.24 bits per heavy atom. The molecule has 2 aromatic carbocycles. The highest BCUT2D eigenvalue weighted by Gasteiger charge is 2.10. The molecule has 25 heavy (non-hydrogen) atoms. The molecule has 0 aliphatic heterocycles. The second-order valence-electron chi connectivity index (χ2n) is 5.13. The first-order valence-electron chi connectivity index (χ1n) is 7.32. The standard InChI is InChI=1S/C16H12N6OS2/c1-24-16-19-13-6-5-11(8-14(13)25-16)18-15(23)10-3-2-4-12(7-10)22-9-17-20-21-22/h2-9H,1H3,(H,18,23). The van der Waals surface area contributed by atoms with Gasteiger partial charge in [0.25, 0.3) is 5.91 Å². The lowest BCUT2D eigenvalue weighted by atomic mass is 10.2. The summed E-state index contributed by atoms with van der Waals surface area (Å²) in [4.78, 5) is 17.0. The van der Waals surface area contributed by atoms with Crippen LogP contribution in [0.1, 0.15) is 10.4 Å². The molecule has 0 aliphatic carbocycles. The number of anilines is 1. The normalized spacial score (nSPS) is 10.9. The molecule has 2 aromatic heterocycles. The average molecular weight is 368 g/mol. The van der Waals surface area contributed by atoms with Gasteiger partial charge in [0, 0.05) is 11.3 Å². The number of nitrogens with zero attached hydrogens (tertiary/aromatic N) is 5. The number of benzene rings is 2. The molecule has 1 amide bonds. The monoisotopic (exact) mass is 368 g/mol. The van der Waals surface area contributed by atoms with E-state index in [0.717, 1.165) is 25.9 Å². The second-order valence-corrected chi connectivity index (χ2v) is 7.21. The van der Waals surface area contributed by atoms with Crippen LogP contribution >= 0.6 is 23.1 Å². The Morgan fingerprint density at radius 2 is 2.16 bits per heavy atom. The summed E-state index contributed by atoms with van der Waals surface area (Å²) in [6.07, 6.45) is 3.48. The summed E-state index contributed by atoms with van der Waals surface area (Å²) in [6.45, 7) is 0. The molecule has 0 spiro atoms. The van der Waals surface area contributed by atoms with Gasteiger partial charge in [-0.3, -0.25) is 4.79 Å². The maximum absolute atomic E-state index is 12.5. The third kappa shape index (κ3) is 3.24. The van der Waals surface area contributed by atoms with Crippen molar-refractivity contribution < 1.29 is 4.79 Å². The number of nitrogens with one attached hydrogen (secondary N) is 1. The Morgan fingerprint density at radius 3 is 2.96 bits per heavy atom. The van der Waals surface area contributed by atoms with Gasteiger partial charge in [-0.2, -0.15) is 0 Å². The molecule has 0 saturated carbocycles. The van der Waals surface area contributed by atoms with Crippen molar-refractivity contribution in [1.29, 1.82) is 0 Å². The number of hydrogen-bond donors (Lipinski definition) is 1. The van der Waals surface area contributed by atoms with Gasteiger partial charge in [0.1, 0.15) is 6.33 Å². The predicted molar refractivity (Wildman–Crippen MR) is 98.5 cm³/mol. The van der Waals surface area contributed by atoms with Crippen LogP contribution in [0.5, 0.6) is 0 Å². The van der Waals surface area contributed by atoms with Crippen molar-refractivity contribution in [2.75, 3.05) is 11.6 Å². The third-order valence-corrected chi connectivity index (χ3v) is 5.53. The summed E-state index contributed by atoms with van der Waals surface area (Å²) in [7, 11) is 0. The van der Waals surface area contributed by atoms with Gasteiger partial charge in [-0.1, -0.05) is 17.8 Å². The van der Waals surface area contributed by atoms with Crippen molar-refractivity contribution in [2.24, 2.45) is 0 Å². The number of thiazole rings is 1. The van der Waals surface area contributed by atoms with Crippen molar-refractivity contribution in [3.05, 3.63) is 54.4 Å². The molecule has 4 aromatic rings. The number of hydrogen-bond acceptors (Lipinski definition) is 7. The second kappa shape index (κ2) is 6.61. The lowest BCUT2D eigenvalue weighted by molar-refractivity contribution is 0.102. The van der Waals surface area contributed by atoms with Gasteiger partial charge in [0.05, 0.1) is 15.9 Å². The van der Waals surface area contributed by atoms with Crippen molar-refractivity contribution in [3.8, 4) is 5.69 Å². The Bertz CT molecular complexity index is 1040. The zero-order valence-electron chi connectivity index (χ0n) is 13.1. The van der Waals surface area contributed by atoms with Crippen LogP contribution in [0.25, 0.3) is 15.9 Å². The summed E-state index contributed by atoms with van der Waals surface area (Å²) in [5.41, 5.74) is 2.93. The number of carbonyl (C=O) groups is 1. The molecular formula is C16H12N6OS2. The molecule has 2 heterocycles. The van der Waals surface area contributed by atoms with E-state index in [9.17, 15) is 4.79 Å². The van der Waals surface area contributed by atoms with Gasteiger partial charge < -0.3 is 5.32 Å². The molecule has 9 heteroatoms. The van der Waals surface area contributed by atoms with Crippen LogP contribution in [0.4, 0.5) is 5.69 Å². The highest BCUT2D eigenvalue weighted by Crippen LogP contribution is 2.30. The van der Waals surface area contributed by atoms with E-state index < -0.39 is 0 Å². The number of tetrazole rings is 1. The fraction of sp³-hybridized carbons (Fsp3) is 0.0625. The summed E-state index contributed by atoms with van der Waals surface area (Å²) in [6, 6.07) is 12.8. The Balaban J connectivity index is 1.58. The van der Waals surface area contributed by atoms with E-state index in [-0.39, 0.29) is 5.91 Å². The van der Waals surface area contributed by atoms with Gasteiger partial charge >= 0.3 is 0 Å². The minimum absolute atomic E-state index is 0.191. The van der Waals surface area contributed by atoms with E-state index in [1.54, 1.807) is 41.3 Å². The van der Waals surface area contributed by atoms with Crippen LogP contribution in [0.3, 0.4) is 0 Å². The first-order chi connectivity index (χ1) is 12.2. The Kier molecular flexibility index (Phi) is 4.16. The molecule has 0 aliphatic rings. The lowest BCUT2D eigenvalue weighted by Gasteiger charge is -2.07. The number of amides is 1. The summed E-state index contributed by atoms with van der Waals surface area (Å²) < 4.78 is 3.56. The smallest absolute Gasteiger partial charge is 0.255 e. The average Bonchev–Trinajstić information content (AvgIpc) is 3.31. The first-order valence-corrected chi connectivity index (χ1v) is 9.36. The maximum atomic E-state index is 12.5. The zero-order valence-corrected chi connectivity index (χ0v) is 14.7. The molecule has 1 N–H and O–H groups in total. The summed E-state index contributed by atoms with van der Waals surface area (Å²) in [5, 5.41) is 14.0. The van der Waals surface area contributed by atoms with Crippen LogP contribution in [-0.4, -0.2) is 37.4 Å². The topological polar surface area (TPSA) is 85.6 Å². The van der Waals surface area contributed by atoms with E-state index >= 15 is 0 Å². The van der Waals surface area contributed by atoms with Gasteiger partial charge in [0.15, 0.2) is 4.34 Å². The fourth-order valence-corrected chi connectivity index (χ4v) is 3.87. The minimum atomic E-state index is -0.191. The summed E-state index contributed by atoms with van der Waals surface area (Å²) >= 11 is 3.22. The highest BCUT2D eigenvalue weighted by atomic mass is 32.2. The molecule has 0 saturated heterocycles. The minimum Gasteiger partial charge on any atom is -0.322 e. The molecular weight excluding hydrogens is 356 g/mol. The number of fused-ring (bicyclic) bond motifs is 1. The van der Waals surface area contributed by atoms with E-state index in [0.29, 0.717) is 5.56 Å². The quantitative estimate of drug-likeness (QED) is 0.557. The van der Waals surface area contributed by atoms with Gasteiger partial charge in [-0.05, 0) is 53.1 Å². The van der Waals surface area contributed by atoms with Crippen LogP contribution in [0, 0.1) is 0 Å². The predicted octanol–water partition coefficient (Wildman–Crippen LogP) is 3.25. The molecule has 0 radical (unpaired) electrons. The van der Waals surface area contributed by atoms with Crippen LogP contribution in [-0.2, 0) is 0 Å². The van der Waals surface area contributed by atoms with Crippen LogP contribution in [0.2, 0.25) is 0 Å². The van der Waals surface area contributed by atoms with Crippen molar-refractivity contribution in [1.82, 2.24) is 25.2 Å². The van der Waals surface area contributed by atoms with Crippen molar-refractivity contribution in [2.45, 2.75) is 4.34 Å². The van der Waals surface area contributed by atoms with Gasteiger partial charge in [-0.25, -0.2) is 9.67 Å². The van der Waals surface area contributed by atoms with Gasteiger partial charge in [0.2, 0.25) is 0 Å². The van der Waals surface area contributed by atoms with E-state index in [1.165, 1.54) is 11.0 Å².